The van der Waals surface area contributed by atoms with Crippen LogP contribution in [-0.4, -0.2) is 23.4 Å². The number of carbonyl (C=O) groups excluding carboxylic acids is 2. The second kappa shape index (κ2) is 7.71. The molecule has 25 heavy (non-hydrogen) atoms. The van der Waals surface area contributed by atoms with Gasteiger partial charge >= 0.3 is 5.97 Å². The summed E-state index contributed by atoms with van der Waals surface area (Å²) < 4.78 is 18.3. The molecule has 2 aromatic carbocycles. The molecule has 2 aromatic rings. The van der Waals surface area contributed by atoms with Crippen molar-refractivity contribution in [3.05, 3.63) is 68.5 Å². The predicted molar refractivity (Wildman–Crippen MR) is 88.2 cm³/mol. The number of hydrogen-bond donors (Lipinski definition) is 1. The lowest BCUT2D eigenvalue weighted by Crippen LogP contribution is -2.22. The normalized spacial score (nSPS) is 10.2. The van der Waals surface area contributed by atoms with Crippen molar-refractivity contribution in [1.29, 1.82) is 0 Å². The molecule has 0 radical (unpaired) electrons. The molecule has 9 heteroatoms. The highest BCUT2D eigenvalue weighted by Crippen LogP contribution is 2.27. The maximum Gasteiger partial charge on any atom is 0.343 e. The second-order valence-electron chi connectivity index (χ2n) is 4.95. The van der Waals surface area contributed by atoms with E-state index in [1.165, 1.54) is 24.3 Å². The zero-order valence-electron chi connectivity index (χ0n) is 12.9. The minimum atomic E-state index is -1.11. The number of benzene rings is 2. The van der Waals surface area contributed by atoms with Crippen LogP contribution in [-0.2, 0) is 9.53 Å². The minimum absolute atomic E-state index is 0.00234. The monoisotopic (exact) mass is 366 g/mol. The van der Waals surface area contributed by atoms with Crippen molar-refractivity contribution >= 4 is 34.9 Å². The molecule has 0 aromatic heterocycles. The average molecular weight is 367 g/mol. The molecule has 0 spiro atoms. The van der Waals surface area contributed by atoms with Crippen LogP contribution in [0.3, 0.4) is 0 Å². The Bertz CT molecular complexity index is 836. The molecule has 7 nitrogen and oxygen atoms in total. The number of para-hydroxylation sites is 1. The Hall–Kier alpha value is -3.00. The Balaban J connectivity index is 2.07. The summed E-state index contributed by atoms with van der Waals surface area (Å²) in [4.78, 5) is 34.1. The van der Waals surface area contributed by atoms with Gasteiger partial charge in [0, 0.05) is 6.07 Å². The molecule has 130 valence electrons. The van der Waals surface area contributed by atoms with Gasteiger partial charge in [-0.3, -0.25) is 14.9 Å². The molecule has 0 aliphatic heterocycles. The molecule has 0 unspecified atom stereocenters. The summed E-state index contributed by atoms with van der Waals surface area (Å²) in [5.41, 5.74) is -0.320. The van der Waals surface area contributed by atoms with Crippen molar-refractivity contribution in [2.24, 2.45) is 0 Å². The van der Waals surface area contributed by atoms with Gasteiger partial charge in [0.05, 0.1) is 9.95 Å². The fourth-order valence-electron chi connectivity index (χ4n) is 2.04. The number of nitrogens with zero attached hydrogens (tertiary/aromatic N) is 1. The number of amides is 1. The van der Waals surface area contributed by atoms with Crippen LogP contribution in [0.25, 0.3) is 0 Å². The molecular weight excluding hydrogens is 355 g/mol. The van der Waals surface area contributed by atoms with E-state index >= 15 is 0 Å². The van der Waals surface area contributed by atoms with E-state index in [9.17, 15) is 24.1 Å². The van der Waals surface area contributed by atoms with Crippen LogP contribution in [0.5, 0.6) is 0 Å². The van der Waals surface area contributed by atoms with Gasteiger partial charge in [0.25, 0.3) is 11.6 Å². The van der Waals surface area contributed by atoms with E-state index in [1.807, 2.05) is 0 Å². The van der Waals surface area contributed by atoms with E-state index in [1.54, 1.807) is 13.0 Å². The van der Waals surface area contributed by atoms with Crippen LogP contribution in [0.4, 0.5) is 15.8 Å². The van der Waals surface area contributed by atoms with Gasteiger partial charge in [-0.1, -0.05) is 29.8 Å². The smallest absolute Gasteiger partial charge is 0.343 e. The first kappa shape index (κ1) is 18.3. The molecule has 2 rings (SSSR count). The first-order valence-corrected chi connectivity index (χ1v) is 7.34. The van der Waals surface area contributed by atoms with Crippen LogP contribution >= 0.6 is 11.6 Å². The van der Waals surface area contributed by atoms with Crippen LogP contribution < -0.4 is 5.32 Å². The summed E-state index contributed by atoms with van der Waals surface area (Å²) in [6, 6.07) is 7.93. The standard InChI is InChI=1S/C16H12ClFN2O5/c1-9-4-2-7-12(20(23)24)15(9)19-13(21)8-25-16(22)14-10(17)5-3-6-11(14)18/h2-7H,8H2,1H3,(H,19,21). The molecule has 0 fully saturated rings. The van der Waals surface area contributed by atoms with Crippen LogP contribution in [0, 0.1) is 22.9 Å². The van der Waals surface area contributed by atoms with Crippen molar-refractivity contribution in [1.82, 2.24) is 0 Å². The summed E-state index contributed by atoms with van der Waals surface area (Å²) in [5.74, 6) is -2.80. The van der Waals surface area contributed by atoms with E-state index in [-0.39, 0.29) is 16.4 Å². The number of esters is 1. The number of aryl methyl sites for hydroxylation is 1. The van der Waals surface area contributed by atoms with Crippen LogP contribution in [0.1, 0.15) is 15.9 Å². The molecule has 0 saturated heterocycles. The summed E-state index contributed by atoms with van der Waals surface area (Å²) in [7, 11) is 0. The van der Waals surface area contributed by atoms with Gasteiger partial charge in [-0.15, -0.1) is 0 Å². The number of hydrogen-bond acceptors (Lipinski definition) is 5. The molecule has 0 heterocycles. The highest BCUT2D eigenvalue weighted by Gasteiger charge is 2.21. The number of halogens is 2. The zero-order valence-corrected chi connectivity index (χ0v) is 13.7. The molecule has 0 aliphatic carbocycles. The van der Waals surface area contributed by atoms with Crippen molar-refractivity contribution in [2.45, 2.75) is 6.92 Å². The van der Waals surface area contributed by atoms with E-state index in [4.69, 9.17) is 16.3 Å². The summed E-state index contributed by atoms with van der Waals surface area (Å²) in [6.45, 7) is 0.822. The van der Waals surface area contributed by atoms with Gasteiger partial charge in [0.2, 0.25) is 0 Å². The van der Waals surface area contributed by atoms with Gasteiger partial charge in [-0.05, 0) is 24.6 Å². The lowest BCUT2D eigenvalue weighted by atomic mass is 10.1. The number of anilines is 1. The molecular formula is C16H12ClFN2O5. The first-order chi connectivity index (χ1) is 11.8. The van der Waals surface area contributed by atoms with Crippen molar-refractivity contribution < 1.29 is 23.6 Å². The molecule has 1 amide bonds. The molecule has 0 atom stereocenters. The summed E-state index contributed by atoms with van der Waals surface area (Å²) in [5, 5.41) is 13.2. The highest BCUT2D eigenvalue weighted by molar-refractivity contribution is 6.33. The van der Waals surface area contributed by atoms with E-state index < -0.39 is 34.8 Å². The highest BCUT2D eigenvalue weighted by atomic mass is 35.5. The Morgan fingerprint density at radius 2 is 1.96 bits per heavy atom. The number of nitrogens with one attached hydrogen (secondary N) is 1. The van der Waals surface area contributed by atoms with Crippen molar-refractivity contribution in [2.75, 3.05) is 11.9 Å². The summed E-state index contributed by atoms with van der Waals surface area (Å²) in [6.07, 6.45) is 0. The average Bonchev–Trinajstić information content (AvgIpc) is 2.54. The third-order valence-electron chi connectivity index (χ3n) is 3.21. The molecule has 0 saturated carbocycles. The summed E-state index contributed by atoms with van der Waals surface area (Å²) >= 11 is 5.73. The minimum Gasteiger partial charge on any atom is -0.452 e. The number of ether oxygens (including phenoxy) is 1. The van der Waals surface area contributed by atoms with Crippen LogP contribution in [0.2, 0.25) is 5.02 Å². The number of carbonyl (C=O) groups is 2. The fourth-order valence-corrected chi connectivity index (χ4v) is 2.28. The quantitative estimate of drug-likeness (QED) is 0.496. The van der Waals surface area contributed by atoms with Gasteiger partial charge in [0.15, 0.2) is 6.61 Å². The van der Waals surface area contributed by atoms with E-state index in [2.05, 4.69) is 5.32 Å². The second-order valence-corrected chi connectivity index (χ2v) is 5.35. The van der Waals surface area contributed by atoms with E-state index in [0.29, 0.717) is 5.56 Å². The van der Waals surface area contributed by atoms with Gasteiger partial charge < -0.3 is 10.1 Å². The molecule has 0 bridgehead atoms. The fraction of sp³-hybridized carbons (Fsp3) is 0.125. The Morgan fingerprint density at radius 3 is 2.60 bits per heavy atom. The number of nitro benzene ring substituents is 1. The first-order valence-electron chi connectivity index (χ1n) is 6.96. The Labute approximate surface area is 146 Å². The third-order valence-corrected chi connectivity index (χ3v) is 3.53. The number of rotatable bonds is 5. The predicted octanol–water partition coefficient (Wildman–Crippen LogP) is 3.49. The van der Waals surface area contributed by atoms with Crippen molar-refractivity contribution in [3.63, 3.8) is 0 Å². The van der Waals surface area contributed by atoms with E-state index in [0.717, 1.165) is 6.07 Å². The molecule has 0 aliphatic rings. The maximum atomic E-state index is 13.6. The van der Waals surface area contributed by atoms with Crippen LogP contribution in [0.15, 0.2) is 36.4 Å². The van der Waals surface area contributed by atoms with Crippen molar-refractivity contribution in [3.8, 4) is 0 Å². The van der Waals surface area contributed by atoms with Gasteiger partial charge in [-0.25, -0.2) is 9.18 Å². The Kier molecular flexibility index (Phi) is 5.66. The molecule has 1 N–H and O–H groups in total. The number of nitro groups is 1. The van der Waals surface area contributed by atoms with Gasteiger partial charge in [-0.2, -0.15) is 0 Å². The third kappa shape index (κ3) is 4.30. The topological polar surface area (TPSA) is 98.5 Å². The zero-order chi connectivity index (χ0) is 18.6. The lowest BCUT2D eigenvalue weighted by molar-refractivity contribution is -0.384. The Morgan fingerprint density at radius 1 is 1.28 bits per heavy atom. The maximum absolute atomic E-state index is 13.6. The largest absolute Gasteiger partial charge is 0.452 e. The lowest BCUT2D eigenvalue weighted by Gasteiger charge is -2.10. The van der Waals surface area contributed by atoms with Gasteiger partial charge in [0.1, 0.15) is 17.1 Å². The SMILES string of the molecule is Cc1cccc([N+](=O)[O-])c1NC(=O)COC(=O)c1c(F)cccc1Cl.